The number of benzene rings is 1. The number of aliphatic hydroxyl groups is 1. The molecule has 3 nitrogen and oxygen atoms in total. The molecule has 1 unspecified atom stereocenters. The van der Waals surface area contributed by atoms with Gasteiger partial charge in [0.2, 0.25) is 0 Å². The van der Waals surface area contributed by atoms with E-state index in [0.717, 1.165) is 24.9 Å². The number of unbranched alkanes of at least 4 members (excludes halogenated alkanes) is 1. The number of nitrogens with zero attached hydrogens (tertiary/aromatic N) is 2. The fourth-order valence-electron chi connectivity index (χ4n) is 2.02. The molecule has 0 amide bonds. The summed E-state index contributed by atoms with van der Waals surface area (Å²) in [5.74, 6) is 0. The van der Waals surface area contributed by atoms with Crippen LogP contribution in [-0.4, -0.2) is 14.9 Å². The van der Waals surface area contributed by atoms with E-state index in [0.29, 0.717) is 0 Å². The fourth-order valence-corrected chi connectivity index (χ4v) is 2.17. The molecule has 1 atom stereocenters. The fraction of sp³-hybridized carbons (Fsp3) is 0.400. The molecule has 1 heterocycles. The van der Waals surface area contributed by atoms with Gasteiger partial charge in [0.1, 0.15) is 0 Å². The Balaban J connectivity index is 2.06. The van der Waals surface area contributed by atoms with Gasteiger partial charge in [0.15, 0.2) is 5.56 Å². The van der Waals surface area contributed by atoms with Crippen molar-refractivity contribution in [1.82, 2.24) is 9.78 Å². The third-order valence-corrected chi connectivity index (χ3v) is 3.42. The molecular formula is C15H19ClN2O. The van der Waals surface area contributed by atoms with Gasteiger partial charge in [-0.2, -0.15) is 5.10 Å². The Labute approximate surface area is 118 Å². The van der Waals surface area contributed by atoms with E-state index in [1.165, 1.54) is 17.7 Å². The highest BCUT2D eigenvalue weighted by Crippen LogP contribution is 2.18. The first-order valence-corrected chi connectivity index (χ1v) is 7.06. The minimum Gasteiger partial charge on any atom is -0.373 e. The van der Waals surface area contributed by atoms with E-state index in [-0.39, 0.29) is 0 Å². The Kier molecular flexibility index (Phi) is 5.00. The lowest BCUT2D eigenvalue weighted by atomic mass is 10.1. The van der Waals surface area contributed by atoms with E-state index >= 15 is 0 Å². The molecule has 2 rings (SSSR count). The third-order valence-electron chi connectivity index (χ3n) is 3.17. The summed E-state index contributed by atoms with van der Waals surface area (Å²) in [5, 5.41) is 13.6. The molecule has 2 aromatic rings. The van der Waals surface area contributed by atoms with Crippen LogP contribution in [0, 0.1) is 0 Å². The van der Waals surface area contributed by atoms with Crippen LogP contribution in [0.25, 0.3) is 0 Å². The highest BCUT2D eigenvalue weighted by atomic mass is 35.5. The van der Waals surface area contributed by atoms with Gasteiger partial charge in [0.05, 0.1) is 0 Å². The first-order valence-electron chi connectivity index (χ1n) is 6.62. The number of aryl methyl sites for hydroxylation is 1. The molecule has 1 N–H and O–H groups in total. The second-order valence-corrected chi connectivity index (χ2v) is 5.07. The monoisotopic (exact) mass is 278 g/mol. The molecule has 1 aromatic heterocycles. The summed E-state index contributed by atoms with van der Waals surface area (Å²) in [6, 6.07) is 9.77. The van der Waals surface area contributed by atoms with Crippen LogP contribution in [0.3, 0.4) is 0 Å². The van der Waals surface area contributed by atoms with Gasteiger partial charge in [0, 0.05) is 24.9 Å². The smallest absolute Gasteiger partial charge is 0.153 e. The second-order valence-electron chi connectivity index (χ2n) is 4.65. The van der Waals surface area contributed by atoms with Gasteiger partial charge in [-0.25, -0.2) is 0 Å². The molecule has 1 aromatic carbocycles. The van der Waals surface area contributed by atoms with Crippen LogP contribution >= 0.6 is 11.6 Å². The number of aromatic nitrogens is 2. The zero-order chi connectivity index (χ0) is 13.7. The Hall–Kier alpha value is -1.32. The first kappa shape index (κ1) is 14.1. The van der Waals surface area contributed by atoms with Crippen molar-refractivity contribution in [3.05, 3.63) is 53.3 Å². The lowest BCUT2D eigenvalue weighted by Crippen LogP contribution is -2.05. The second kappa shape index (κ2) is 6.73. The summed E-state index contributed by atoms with van der Waals surface area (Å²) in [6.45, 7) is 3.15. The van der Waals surface area contributed by atoms with Crippen molar-refractivity contribution in [3.8, 4) is 0 Å². The Morgan fingerprint density at radius 2 is 2.00 bits per heavy atom. The molecule has 0 saturated heterocycles. The average Bonchev–Trinajstić information content (AvgIpc) is 2.84. The molecular weight excluding hydrogens is 260 g/mol. The SMILES string of the molecule is CCCCn1nccc1Cc1ccc(C(O)Cl)cc1. The number of rotatable bonds is 6. The summed E-state index contributed by atoms with van der Waals surface area (Å²) in [5.41, 5.74) is 2.21. The summed E-state index contributed by atoms with van der Waals surface area (Å²) < 4.78 is 2.06. The molecule has 0 aliphatic rings. The van der Waals surface area contributed by atoms with Gasteiger partial charge in [-0.15, -0.1) is 0 Å². The zero-order valence-electron chi connectivity index (χ0n) is 11.1. The molecule has 0 bridgehead atoms. The number of halogens is 1. The molecule has 0 spiro atoms. The number of hydrogen-bond acceptors (Lipinski definition) is 2. The van der Waals surface area contributed by atoms with E-state index in [1.54, 1.807) is 0 Å². The summed E-state index contributed by atoms with van der Waals surface area (Å²) in [7, 11) is 0. The largest absolute Gasteiger partial charge is 0.373 e. The summed E-state index contributed by atoms with van der Waals surface area (Å²) >= 11 is 5.62. The zero-order valence-corrected chi connectivity index (χ0v) is 11.8. The van der Waals surface area contributed by atoms with Crippen molar-refractivity contribution >= 4 is 11.6 Å². The van der Waals surface area contributed by atoms with Crippen LogP contribution in [0.4, 0.5) is 0 Å². The maximum absolute atomic E-state index is 9.26. The Morgan fingerprint density at radius 3 is 2.63 bits per heavy atom. The van der Waals surface area contributed by atoms with Crippen LogP contribution in [-0.2, 0) is 13.0 Å². The predicted octanol–water partition coefficient (Wildman–Crippen LogP) is 3.50. The van der Waals surface area contributed by atoms with Gasteiger partial charge in [-0.3, -0.25) is 4.68 Å². The van der Waals surface area contributed by atoms with E-state index in [4.69, 9.17) is 11.6 Å². The lowest BCUT2D eigenvalue weighted by Gasteiger charge is -2.08. The molecule has 0 aliphatic carbocycles. The molecule has 0 fully saturated rings. The van der Waals surface area contributed by atoms with Gasteiger partial charge >= 0.3 is 0 Å². The van der Waals surface area contributed by atoms with Crippen molar-refractivity contribution in [2.24, 2.45) is 0 Å². The van der Waals surface area contributed by atoms with E-state index < -0.39 is 5.56 Å². The Bertz CT molecular complexity index is 505. The number of alkyl halides is 1. The quantitative estimate of drug-likeness (QED) is 0.821. The van der Waals surface area contributed by atoms with Gasteiger partial charge in [-0.1, -0.05) is 49.2 Å². The van der Waals surface area contributed by atoms with Gasteiger partial charge < -0.3 is 5.11 Å². The minimum atomic E-state index is -0.927. The van der Waals surface area contributed by atoms with Crippen molar-refractivity contribution in [3.63, 3.8) is 0 Å². The molecule has 19 heavy (non-hydrogen) atoms. The third kappa shape index (κ3) is 3.82. The maximum atomic E-state index is 9.26. The van der Waals surface area contributed by atoms with Gasteiger partial charge in [0.25, 0.3) is 0 Å². The highest BCUT2D eigenvalue weighted by molar-refractivity contribution is 6.19. The van der Waals surface area contributed by atoms with Crippen molar-refractivity contribution < 1.29 is 5.11 Å². The molecule has 102 valence electrons. The van der Waals surface area contributed by atoms with E-state index in [9.17, 15) is 5.11 Å². The number of aliphatic hydroxyl groups excluding tert-OH is 1. The van der Waals surface area contributed by atoms with Crippen molar-refractivity contribution in [2.45, 2.75) is 38.3 Å². The highest BCUT2D eigenvalue weighted by Gasteiger charge is 2.05. The van der Waals surface area contributed by atoms with Crippen LogP contribution in [0.5, 0.6) is 0 Å². The molecule has 0 saturated carbocycles. The van der Waals surface area contributed by atoms with Crippen LogP contribution in [0.1, 0.15) is 42.1 Å². The summed E-state index contributed by atoms with van der Waals surface area (Å²) in [6.07, 6.45) is 5.01. The lowest BCUT2D eigenvalue weighted by molar-refractivity contribution is 0.263. The van der Waals surface area contributed by atoms with E-state index in [1.807, 2.05) is 30.5 Å². The van der Waals surface area contributed by atoms with Gasteiger partial charge in [-0.05, 0) is 23.6 Å². The Morgan fingerprint density at radius 1 is 1.26 bits per heavy atom. The van der Waals surface area contributed by atoms with Crippen LogP contribution < -0.4 is 0 Å². The topological polar surface area (TPSA) is 38.0 Å². The molecule has 0 aliphatic heterocycles. The first-order chi connectivity index (χ1) is 9.20. The molecule has 4 heteroatoms. The van der Waals surface area contributed by atoms with Crippen molar-refractivity contribution in [1.29, 1.82) is 0 Å². The minimum absolute atomic E-state index is 0.727. The molecule has 0 radical (unpaired) electrons. The standard InChI is InChI=1S/C15H19ClN2O/c1-2-3-10-18-14(8-9-17-18)11-12-4-6-13(7-5-12)15(16)19/h4-9,15,19H,2-3,10-11H2,1H3. The average molecular weight is 279 g/mol. The predicted molar refractivity (Wildman–Crippen MR) is 77.2 cm³/mol. The van der Waals surface area contributed by atoms with Crippen LogP contribution in [0.15, 0.2) is 36.5 Å². The van der Waals surface area contributed by atoms with E-state index in [2.05, 4.69) is 22.8 Å². The number of hydrogen-bond donors (Lipinski definition) is 1. The normalized spacial score (nSPS) is 12.6. The maximum Gasteiger partial charge on any atom is 0.153 e. The van der Waals surface area contributed by atoms with Crippen LogP contribution in [0.2, 0.25) is 0 Å². The van der Waals surface area contributed by atoms with Crippen molar-refractivity contribution in [2.75, 3.05) is 0 Å². The summed E-state index contributed by atoms with van der Waals surface area (Å²) in [4.78, 5) is 0.